The first-order valence-corrected chi connectivity index (χ1v) is 11.2. The normalized spacial score (nSPS) is 11.8. The third kappa shape index (κ3) is 4.48. The minimum Gasteiger partial charge on any atom is -0.369 e. The van der Waals surface area contributed by atoms with Gasteiger partial charge in [0.15, 0.2) is 5.75 Å². The van der Waals surface area contributed by atoms with Crippen molar-refractivity contribution < 1.29 is 12.6 Å². The van der Waals surface area contributed by atoms with Gasteiger partial charge in [0, 0.05) is 46.5 Å². The Hall–Kier alpha value is -2.87. The van der Waals surface area contributed by atoms with Crippen LogP contribution in [0.1, 0.15) is 12.5 Å². The molecular formula is C22H20ClN3O3S. The molecule has 0 unspecified atom stereocenters. The Morgan fingerprint density at radius 1 is 1.07 bits per heavy atom. The fourth-order valence-corrected chi connectivity index (χ4v) is 4.41. The van der Waals surface area contributed by atoms with E-state index in [-0.39, 0.29) is 18.8 Å². The van der Waals surface area contributed by atoms with E-state index < -0.39 is 10.3 Å². The Bertz CT molecular complexity index is 1270. The number of H-pyrrole nitrogens is 1. The number of rotatable bonds is 7. The van der Waals surface area contributed by atoms with Crippen molar-refractivity contribution in [1.82, 2.24) is 14.3 Å². The second kappa shape index (κ2) is 8.47. The summed E-state index contributed by atoms with van der Waals surface area (Å²) in [4.78, 5) is 7.42. The molecule has 30 heavy (non-hydrogen) atoms. The summed E-state index contributed by atoms with van der Waals surface area (Å²) < 4.78 is 32.3. The third-order valence-corrected chi connectivity index (χ3v) is 6.34. The predicted octanol–water partition coefficient (Wildman–Crippen LogP) is 5.03. The highest BCUT2D eigenvalue weighted by Gasteiger charge is 2.23. The lowest BCUT2D eigenvalue weighted by Crippen LogP contribution is -2.34. The number of benzene rings is 2. The number of aromatic nitrogens is 2. The highest BCUT2D eigenvalue weighted by atomic mass is 35.5. The molecule has 1 N–H and O–H groups in total. The fourth-order valence-electron chi connectivity index (χ4n) is 3.18. The zero-order chi connectivity index (χ0) is 21.1. The Balaban J connectivity index is 1.58. The van der Waals surface area contributed by atoms with Gasteiger partial charge in [0.25, 0.3) is 0 Å². The number of halogens is 1. The molecular weight excluding hydrogens is 422 g/mol. The molecule has 2 aromatic heterocycles. The van der Waals surface area contributed by atoms with Crippen LogP contribution in [-0.4, -0.2) is 29.2 Å². The third-order valence-electron chi connectivity index (χ3n) is 4.68. The Morgan fingerprint density at radius 2 is 1.87 bits per heavy atom. The monoisotopic (exact) mass is 441 g/mol. The average molecular weight is 442 g/mol. The lowest BCUT2D eigenvalue weighted by atomic mass is 10.2. The molecule has 0 saturated heterocycles. The first kappa shape index (κ1) is 20.4. The second-order valence-corrected chi connectivity index (χ2v) is 8.75. The van der Waals surface area contributed by atoms with Crippen molar-refractivity contribution >= 4 is 32.8 Å². The molecule has 8 heteroatoms. The molecule has 0 aliphatic heterocycles. The molecule has 2 aromatic carbocycles. The number of nitrogens with zero attached hydrogens (tertiary/aromatic N) is 2. The minimum absolute atomic E-state index is 0.149. The molecule has 0 saturated carbocycles. The van der Waals surface area contributed by atoms with E-state index in [1.54, 1.807) is 19.2 Å². The number of hydrogen-bond donors (Lipinski definition) is 1. The maximum atomic E-state index is 12.8. The number of nitrogens with one attached hydrogen (secondary N) is 1. The van der Waals surface area contributed by atoms with Gasteiger partial charge < -0.3 is 9.17 Å². The maximum Gasteiger partial charge on any atom is 0.385 e. The zero-order valence-corrected chi connectivity index (χ0v) is 17.8. The molecule has 4 aromatic rings. The van der Waals surface area contributed by atoms with Crippen molar-refractivity contribution in [2.75, 3.05) is 6.54 Å². The van der Waals surface area contributed by atoms with Crippen LogP contribution in [0.3, 0.4) is 0 Å². The SMILES string of the molecule is CCN(Cc1ccccc1)S(=O)(=O)Oc1cncc(-c2cc3ccc(Cl)cc3[nH]2)c1. The van der Waals surface area contributed by atoms with E-state index in [1.165, 1.54) is 10.5 Å². The molecule has 0 amide bonds. The smallest absolute Gasteiger partial charge is 0.369 e. The second-order valence-electron chi connectivity index (χ2n) is 6.78. The predicted molar refractivity (Wildman–Crippen MR) is 119 cm³/mol. The van der Waals surface area contributed by atoms with Crippen LogP contribution in [0.4, 0.5) is 0 Å². The summed E-state index contributed by atoms with van der Waals surface area (Å²) in [6.45, 7) is 2.29. The Labute approximate surface area is 180 Å². The number of fused-ring (bicyclic) bond motifs is 1. The van der Waals surface area contributed by atoms with Gasteiger partial charge in [0.2, 0.25) is 0 Å². The summed E-state index contributed by atoms with van der Waals surface area (Å²) in [5, 5.41) is 1.63. The van der Waals surface area contributed by atoms with E-state index in [0.717, 1.165) is 22.2 Å². The van der Waals surface area contributed by atoms with Gasteiger partial charge in [-0.1, -0.05) is 54.9 Å². The Kier molecular flexibility index (Phi) is 5.76. The molecule has 0 radical (unpaired) electrons. The van der Waals surface area contributed by atoms with Crippen molar-refractivity contribution in [2.24, 2.45) is 0 Å². The highest BCUT2D eigenvalue weighted by Crippen LogP contribution is 2.28. The molecule has 2 heterocycles. The molecule has 0 bridgehead atoms. The lowest BCUT2D eigenvalue weighted by Gasteiger charge is -2.20. The van der Waals surface area contributed by atoms with E-state index in [1.807, 2.05) is 54.6 Å². The van der Waals surface area contributed by atoms with Crippen LogP contribution in [-0.2, 0) is 16.8 Å². The topological polar surface area (TPSA) is 75.3 Å². The number of hydrogen-bond acceptors (Lipinski definition) is 4. The van der Waals surface area contributed by atoms with Crippen molar-refractivity contribution in [2.45, 2.75) is 13.5 Å². The molecule has 6 nitrogen and oxygen atoms in total. The van der Waals surface area contributed by atoms with E-state index in [9.17, 15) is 8.42 Å². The summed E-state index contributed by atoms with van der Waals surface area (Å²) in [6.07, 6.45) is 3.03. The summed E-state index contributed by atoms with van der Waals surface area (Å²) >= 11 is 6.05. The van der Waals surface area contributed by atoms with Crippen LogP contribution < -0.4 is 4.18 Å². The van der Waals surface area contributed by atoms with Crippen LogP contribution in [0.5, 0.6) is 5.75 Å². The summed E-state index contributed by atoms with van der Waals surface area (Å²) in [5.41, 5.74) is 3.27. The van der Waals surface area contributed by atoms with Crippen LogP contribution in [0.2, 0.25) is 5.02 Å². The lowest BCUT2D eigenvalue weighted by molar-refractivity contribution is 0.361. The molecule has 0 aliphatic rings. The fraction of sp³-hybridized carbons (Fsp3) is 0.136. The van der Waals surface area contributed by atoms with Gasteiger partial charge in [-0.25, -0.2) is 0 Å². The van der Waals surface area contributed by atoms with E-state index in [2.05, 4.69) is 9.97 Å². The van der Waals surface area contributed by atoms with Crippen molar-refractivity contribution in [1.29, 1.82) is 0 Å². The number of aromatic amines is 1. The molecule has 0 fully saturated rings. The Morgan fingerprint density at radius 3 is 2.63 bits per heavy atom. The summed E-state index contributed by atoms with van der Waals surface area (Å²) in [5.74, 6) is 0.149. The van der Waals surface area contributed by atoms with Crippen LogP contribution in [0, 0.1) is 0 Å². The average Bonchev–Trinajstić information content (AvgIpc) is 3.16. The standard InChI is InChI=1S/C22H20ClN3O3S/c1-2-26(15-16-6-4-3-5-7-16)30(27,28)29-20-10-18(13-24-14-20)21-11-17-8-9-19(23)12-22(17)25-21/h3-14,25H,2,15H2,1H3. The number of pyridine rings is 1. The van der Waals surface area contributed by atoms with Crippen molar-refractivity contribution in [3.05, 3.63) is 83.6 Å². The largest absolute Gasteiger partial charge is 0.385 e. The first-order valence-electron chi connectivity index (χ1n) is 9.42. The molecule has 0 atom stereocenters. The van der Waals surface area contributed by atoms with Gasteiger partial charge >= 0.3 is 10.3 Å². The summed E-state index contributed by atoms with van der Waals surface area (Å²) in [7, 11) is -3.99. The minimum atomic E-state index is -3.99. The van der Waals surface area contributed by atoms with Gasteiger partial charge in [-0.05, 0) is 29.8 Å². The van der Waals surface area contributed by atoms with Crippen LogP contribution in [0.25, 0.3) is 22.2 Å². The zero-order valence-electron chi connectivity index (χ0n) is 16.2. The van der Waals surface area contributed by atoms with Gasteiger partial charge in [-0.2, -0.15) is 12.7 Å². The van der Waals surface area contributed by atoms with E-state index in [4.69, 9.17) is 15.8 Å². The van der Waals surface area contributed by atoms with Gasteiger partial charge in [0.1, 0.15) is 0 Å². The van der Waals surface area contributed by atoms with Crippen molar-refractivity contribution in [3.8, 4) is 17.0 Å². The van der Waals surface area contributed by atoms with Gasteiger partial charge in [-0.15, -0.1) is 0 Å². The maximum absolute atomic E-state index is 12.8. The highest BCUT2D eigenvalue weighted by molar-refractivity contribution is 7.84. The van der Waals surface area contributed by atoms with E-state index >= 15 is 0 Å². The quantitative estimate of drug-likeness (QED) is 0.436. The van der Waals surface area contributed by atoms with Gasteiger partial charge in [-0.3, -0.25) is 4.98 Å². The van der Waals surface area contributed by atoms with Crippen molar-refractivity contribution in [3.63, 3.8) is 0 Å². The molecule has 4 rings (SSSR count). The van der Waals surface area contributed by atoms with Crippen LogP contribution >= 0.6 is 11.6 Å². The molecule has 0 aliphatic carbocycles. The van der Waals surface area contributed by atoms with E-state index in [0.29, 0.717) is 10.6 Å². The first-order chi connectivity index (χ1) is 14.4. The summed E-state index contributed by atoms with van der Waals surface area (Å²) in [6, 6.07) is 18.6. The van der Waals surface area contributed by atoms with Crippen LogP contribution in [0.15, 0.2) is 73.1 Å². The van der Waals surface area contributed by atoms with Gasteiger partial charge in [0.05, 0.1) is 6.20 Å². The molecule has 154 valence electrons. The molecule has 0 spiro atoms.